The van der Waals surface area contributed by atoms with Gasteiger partial charge in [0.05, 0.1) is 6.42 Å². The van der Waals surface area contributed by atoms with Crippen LogP contribution >= 0.6 is 34.8 Å². The highest BCUT2D eigenvalue weighted by Gasteiger charge is 2.33. The highest BCUT2D eigenvalue weighted by Crippen LogP contribution is 2.28. The third-order valence-corrected chi connectivity index (χ3v) is 6.35. The topological polar surface area (TPSA) is 49.4 Å². The number of amides is 2. The van der Waals surface area contributed by atoms with Crippen molar-refractivity contribution in [2.45, 2.75) is 51.7 Å². The van der Waals surface area contributed by atoms with Crippen LogP contribution in [0.25, 0.3) is 0 Å². The molecule has 3 aromatic carbocycles. The quantitative estimate of drug-likeness (QED) is 0.350. The smallest absolute Gasteiger partial charge is 0.243 e. The van der Waals surface area contributed by atoms with Crippen LogP contribution in [0.5, 0.6) is 0 Å². The molecular formula is C28H29Cl3N2O2. The number of nitrogens with one attached hydrogen (secondary N) is 1. The van der Waals surface area contributed by atoms with E-state index in [0.717, 1.165) is 11.1 Å². The molecule has 3 aromatic rings. The summed E-state index contributed by atoms with van der Waals surface area (Å²) in [4.78, 5) is 28.9. The summed E-state index contributed by atoms with van der Waals surface area (Å²) in [5.74, 6) is -0.475. The first-order valence-corrected chi connectivity index (χ1v) is 12.5. The summed E-state index contributed by atoms with van der Waals surface area (Å²) < 4.78 is 0. The summed E-state index contributed by atoms with van der Waals surface area (Å²) in [6, 6.07) is 21.2. The number of halogens is 3. The van der Waals surface area contributed by atoms with E-state index < -0.39 is 11.6 Å². The summed E-state index contributed by atoms with van der Waals surface area (Å²) in [7, 11) is 0. The van der Waals surface area contributed by atoms with Gasteiger partial charge in [0.1, 0.15) is 6.04 Å². The van der Waals surface area contributed by atoms with Crippen LogP contribution in [0.2, 0.25) is 15.1 Å². The first-order valence-electron chi connectivity index (χ1n) is 11.4. The number of hydrogen-bond donors (Lipinski definition) is 1. The fourth-order valence-corrected chi connectivity index (χ4v) is 4.51. The minimum Gasteiger partial charge on any atom is -0.350 e. The number of nitrogens with zero attached hydrogens (tertiary/aromatic N) is 1. The highest BCUT2D eigenvalue weighted by atomic mass is 35.5. The first kappa shape index (κ1) is 27.1. The van der Waals surface area contributed by atoms with Crippen LogP contribution in [-0.4, -0.2) is 28.3 Å². The molecular weight excluding hydrogens is 503 g/mol. The average Bonchev–Trinajstić information content (AvgIpc) is 2.77. The summed E-state index contributed by atoms with van der Waals surface area (Å²) in [5.41, 5.74) is 1.81. The van der Waals surface area contributed by atoms with Crippen molar-refractivity contribution in [2.75, 3.05) is 0 Å². The first-order chi connectivity index (χ1) is 16.5. The largest absolute Gasteiger partial charge is 0.350 e. The summed E-state index contributed by atoms with van der Waals surface area (Å²) >= 11 is 19.1. The van der Waals surface area contributed by atoms with E-state index in [0.29, 0.717) is 27.1 Å². The molecule has 0 aromatic heterocycles. The molecule has 3 rings (SSSR count). The molecule has 1 atom stereocenters. The Morgan fingerprint density at radius 1 is 0.857 bits per heavy atom. The molecule has 35 heavy (non-hydrogen) atoms. The number of carbonyl (C=O) groups excluding carboxylic acids is 2. The Kier molecular flexibility index (Phi) is 9.23. The van der Waals surface area contributed by atoms with Gasteiger partial charge in [0.15, 0.2) is 0 Å². The SMILES string of the molecule is CC(C)(C)NC(=O)C(Cc1ccccc1)N(Cc1c(Cl)cccc1Cl)C(=O)Cc1cccc(Cl)c1. The van der Waals surface area contributed by atoms with Crippen molar-refractivity contribution >= 4 is 46.6 Å². The maximum absolute atomic E-state index is 13.8. The second-order valence-corrected chi connectivity index (χ2v) is 10.7. The molecule has 184 valence electrons. The Balaban J connectivity index is 2.04. The molecule has 0 saturated heterocycles. The number of rotatable bonds is 8. The van der Waals surface area contributed by atoms with E-state index >= 15 is 0 Å². The van der Waals surface area contributed by atoms with Crippen molar-refractivity contribution in [3.63, 3.8) is 0 Å². The Morgan fingerprint density at radius 3 is 2.06 bits per heavy atom. The summed E-state index contributed by atoms with van der Waals surface area (Å²) in [6.07, 6.45) is 0.419. The van der Waals surface area contributed by atoms with Crippen LogP contribution < -0.4 is 5.32 Å². The van der Waals surface area contributed by atoms with E-state index in [9.17, 15) is 9.59 Å². The van der Waals surface area contributed by atoms with Gasteiger partial charge in [-0.1, -0.05) is 83.3 Å². The Hall–Kier alpha value is -2.53. The van der Waals surface area contributed by atoms with Gasteiger partial charge in [0, 0.05) is 39.1 Å². The van der Waals surface area contributed by atoms with Crippen molar-refractivity contribution in [2.24, 2.45) is 0 Å². The van der Waals surface area contributed by atoms with Crippen LogP contribution in [0.3, 0.4) is 0 Å². The van der Waals surface area contributed by atoms with Gasteiger partial charge >= 0.3 is 0 Å². The minimum absolute atomic E-state index is 0.0801. The Labute approximate surface area is 222 Å². The highest BCUT2D eigenvalue weighted by molar-refractivity contribution is 6.36. The molecule has 0 spiro atoms. The standard InChI is InChI=1S/C28H29Cl3N2O2/c1-28(2,3)32-27(35)25(16-19-9-5-4-6-10-19)33(18-22-23(30)13-8-14-24(22)31)26(34)17-20-11-7-12-21(29)15-20/h4-15,25H,16-18H2,1-3H3,(H,32,35). The van der Waals surface area contributed by atoms with Gasteiger partial charge in [0.2, 0.25) is 11.8 Å². The number of carbonyl (C=O) groups is 2. The lowest BCUT2D eigenvalue weighted by atomic mass is 9.99. The van der Waals surface area contributed by atoms with Crippen LogP contribution in [0.15, 0.2) is 72.8 Å². The Morgan fingerprint density at radius 2 is 1.46 bits per heavy atom. The van der Waals surface area contributed by atoms with Gasteiger partial charge in [-0.05, 0) is 56.2 Å². The number of benzene rings is 3. The molecule has 0 bridgehead atoms. The Bertz CT molecular complexity index is 1160. The van der Waals surface area contributed by atoms with Gasteiger partial charge in [-0.3, -0.25) is 9.59 Å². The summed E-state index contributed by atoms with van der Waals surface area (Å²) in [6.45, 7) is 5.82. The van der Waals surface area contributed by atoms with E-state index in [2.05, 4.69) is 5.32 Å². The zero-order chi connectivity index (χ0) is 25.6. The van der Waals surface area contributed by atoms with Crippen molar-refractivity contribution in [1.29, 1.82) is 0 Å². The molecule has 0 aliphatic carbocycles. The van der Waals surface area contributed by atoms with E-state index in [4.69, 9.17) is 34.8 Å². The van der Waals surface area contributed by atoms with Gasteiger partial charge in [-0.2, -0.15) is 0 Å². The lowest BCUT2D eigenvalue weighted by Gasteiger charge is -2.34. The fraction of sp³-hybridized carbons (Fsp3) is 0.286. The second-order valence-electron chi connectivity index (χ2n) is 9.47. The van der Waals surface area contributed by atoms with Gasteiger partial charge < -0.3 is 10.2 Å². The maximum Gasteiger partial charge on any atom is 0.243 e. The second kappa shape index (κ2) is 11.9. The lowest BCUT2D eigenvalue weighted by Crippen LogP contribution is -2.54. The van der Waals surface area contributed by atoms with E-state index in [1.165, 1.54) is 0 Å². The third kappa shape index (κ3) is 7.99. The monoisotopic (exact) mass is 530 g/mol. The van der Waals surface area contributed by atoms with Crippen LogP contribution in [0.4, 0.5) is 0 Å². The molecule has 0 heterocycles. The van der Waals surface area contributed by atoms with E-state index in [-0.39, 0.29) is 24.8 Å². The minimum atomic E-state index is -0.782. The normalized spacial score (nSPS) is 12.2. The van der Waals surface area contributed by atoms with Crippen molar-refractivity contribution in [1.82, 2.24) is 10.2 Å². The van der Waals surface area contributed by atoms with Gasteiger partial charge in [-0.25, -0.2) is 0 Å². The van der Waals surface area contributed by atoms with Crippen molar-refractivity contribution < 1.29 is 9.59 Å². The predicted molar refractivity (Wildman–Crippen MR) is 144 cm³/mol. The van der Waals surface area contributed by atoms with Crippen LogP contribution in [-0.2, 0) is 29.0 Å². The zero-order valence-corrected chi connectivity index (χ0v) is 22.3. The zero-order valence-electron chi connectivity index (χ0n) is 20.0. The predicted octanol–water partition coefficient (Wildman–Crippen LogP) is 6.74. The molecule has 0 aliphatic heterocycles. The van der Waals surface area contributed by atoms with Crippen molar-refractivity contribution in [3.8, 4) is 0 Å². The molecule has 0 radical (unpaired) electrons. The van der Waals surface area contributed by atoms with E-state index in [1.807, 2.05) is 57.2 Å². The van der Waals surface area contributed by atoms with Gasteiger partial charge in [-0.15, -0.1) is 0 Å². The average molecular weight is 532 g/mol. The molecule has 7 heteroatoms. The van der Waals surface area contributed by atoms with Crippen LogP contribution in [0.1, 0.15) is 37.5 Å². The van der Waals surface area contributed by atoms with E-state index in [1.54, 1.807) is 41.3 Å². The molecule has 0 aliphatic rings. The molecule has 0 fully saturated rings. The molecule has 0 saturated carbocycles. The fourth-order valence-electron chi connectivity index (χ4n) is 3.78. The van der Waals surface area contributed by atoms with Gasteiger partial charge in [0.25, 0.3) is 0 Å². The molecule has 4 nitrogen and oxygen atoms in total. The summed E-state index contributed by atoms with van der Waals surface area (Å²) in [5, 5.41) is 4.46. The number of hydrogen-bond acceptors (Lipinski definition) is 2. The maximum atomic E-state index is 13.8. The molecule has 2 amide bonds. The lowest BCUT2D eigenvalue weighted by molar-refractivity contribution is -0.141. The van der Waals surface area contributed by atoms with Crippen LogP contribution in [0, 0.1) is 0 Å². The third-order valence-electron chi connectivity index (χ3n) is 5.40. The molecule has 1 unspecified atom stereocenters. The van der Waals surface area contributed by atoms with Crippen molar-refractivity contribution in [3.05, 3.63) is 105 Å². The molecule has 1 N–H and O–H groups in total.